The van der Waals surface area contributed by atoms with E-state index in [1.807, 2.05) is 0 Å². The van der Waals surface area contributed by atoms with E-state index in [0.717, 1.165) is 0 Å². The van der Waals surface area contributed by atoms with Crippen molar-refractivity contribution < 1.29 is 24.2 Å². The summed E-state index contributed by atoms with van der Waals surface area (Å²) in [6.07, 6.45) is 0. The number of methoxy groups -OCH3 is 2. The van der Waals surface area contributed by atoms with Crippen molar-refractivity contribution in [1.29, 1.82) is 0 Å². The van der Waals surface area contributed by atoms with Crippen LogP contribution in [0.1, 0.15) is 20.7 Å². The molecule has 6 heteroatoms. The van der Waals surface area contributed by atoms with Crippen LogP contribution in [0.25, 0.3) is 0 Å². The van der Waals surface area contributed by atoms with Crippen LogP contribution in [0, 0.1) is 0 Å². The molecule has 0 radical (unpaired) electrons. The van der Waals surface area contributed by atoms with E-state index in [1.54, 1.807) is 31.3 Å². The molecule has 1 aromatic rings. The van der Waals surface area contributed by atoms with Crippen molar-refractivity contribution in [3.8, 4) is 0 Å². The van der Waals surface area contributed by atoms with E-state index in [9.17, 15) is 9.59 Å². The van der Waals surface area contributed by atoms with Crippen molar-refractivity contribution in [2.75, 3.05) is 40.5 Å². The monoisotopic (exact) mass is 281 g/mol. The van der Waals surface area contributed by atoms with Gasteiger partial charge in [0, 0.05) is 32.9 Å². The molecule has 0 atom stereocenters. The van der Waals surface area contributed by atoms with Crippen molar-refractivity contribution in [3.05, 3.63) is 35.4 Å². The van der Waals surface area contributed by atoms with Crippen LogP contribution >= 0.6 is 0 Å². The summed E-state index contributed by atoms with van der Waals surface area (Å²) in [6.45, 7) is 1.67. The maximum absolute atomic E-state index is 12.4. The molecule has 0 spiro atoms. The highest BCUT2D eigenvalue weighted by Gasteiger charge is 2.16. The first-order chi connectivity index (χ1) is 9.60. The quantitative estimate of drug-likeness (QED) is 0.772. The largest absolute Gasteiger partial charge is 0.478 e. The molecule has 0 aliphatic rings. The highest BCUT2D eigenvalue weighted by molar-refractivity contribution is 5.97. The number of aromatic carboxylic acids is 1. The lowest BCUT2D eigenvalue weighted by Crippen LogP contribution is -2.36. The number of carbonyl (C=O) groups excluding carboxylic acids is 1. The summed E-state index contributed by atoms with van der Waals surface area (Å²) in [5.41, 5.74) is 0.436. The third kappa shape index (κ3) is 4.64. The number of hydrogen-bond donors (Lipinski definition) is 1. The minimum atomic E-state index is -1.06. The molecule has 0 aromatic heterocycles. The number of hydrogen-bond acceptors (Lipinski definition) is 4. The van der Waals surface area contributed by atoms with Gasteiger partial charge in [-0.25, -0.2) is 4.79 Å². The van der Waals surface area contributed by atoms with Crippen LogP contribution in [-0.2, 0) is 9.47 Å². The number of rotatable bonds is 8. The van der Waals surface area contributed by atoms with Crippen LogP contribution < -0.4 is 0 Å². The molecule has 1 rings (SSSR count). The highest BCUT2D eigenvalue weighted by Crippen LogP contribution is 2.09. The van der Waals surface area contributed by atoms with Gasteiger partial charge in [0.25, 0.3) is 5.91 Å². The summed E-state index contributed by atoms with van der Waals surface area (Å²) >= 11 is 0. The molecule has 0 aliphatic heterocycles. The second-order valence-corrected chi connectivity index (χ2v) is 4.16. The Kier molecular flexibility index (Phi) is 6.69. The molecule has 0 unspecified atom stereocenters. The summed E-state index contributed by atoms with van der Waals surface area (Å²) < 4.78 is 9.94. The van der Waals surface area contributed by atoms with E-state index >= 15 is 0 Å². The average Bonchev–Trinajstić information content (AvgIpc) is 2.47. The van der Waals surface area contributed by atoms with E-state index in [-0.39, 0.29) is 11.5 Å². The molecule has 20 heavy (non-hydrogen) atoms. The predicted molar refractivity (Wildman–Crippen MR) is 73.1 cm³/mol. The van der Waals surface area contributed by atoms with Crippen LogP contribution in [-0.4, -0.2) is 62.4 Å². The van der Waals surface area contributed by atoms with E-state index in [1.165, 1.54) is 12.1 Å². The lowest BCUT2D eigenvalue weighted by molar-refractivity contribution is 0.0627. The van der Waals surface area contributed by atoms with Crippen LogP contribution in [0.5, 0.6) is 0 Å². The third-order valence-corrected chi connectivity index (χ3v) is 2.77. The van der Waals surface area contributed by atoms with Crippen LogP contribution in [0.15, 0.2) is 24.3 Å². The number of amides is 1. The molecule has 0 heterocycles. The Labute approximate surface area is 117 Å². The Morgan fingerprint density at radius 2 is 1.65 bits per heavy atom. The summed E-state index contributed by atoms with van der Waals surface area (Å²) in [5, 5.41) is 8.95. The lowest BCUT2D eigenvalue weighted by atomic mass is 10.1. The van der Waals surface area contributed by atoms with Crippen molar-refractivity contribution in [3.63, 3.8) is 0 Å². The van der Waals surface area contributed by atoms with Gasteiger partial charge in [0.15, 0.2) is 0 Å². The molecule has 6 nitrogen and oxygen atoms in total. The van der Waals surface area contributed by atoms with Crippen LogP contribution in [0.3, 0.4) is 0 Å². The minimum absolute atomic E-state index is 0.0919. The highest BCUT2D eigenvalue weighted by atomic mass is 16.5. The fourth-order valence-electron chi connectivity index (χ4n) is 1.69. The first-order valence-electron chi connectivity index (χ1n) is 6.20. The molecule has 0 saturated carbocycles. The normalized spacial score (nSPS) is 10.3. The Morgan fingerprint density at radius 3 is 2.15 bits per heavy atom. The maximum Gasteiger partial charge on any atom is 0.335 e. The van der Waals surface area contributed by atoms with Crippen LogP contribution in [0.4, 0.5) is 0 Å². The summed E-state index contributed by atoms with van der Waals surface area (Å²) in [4.78, 5) is 24.9. The fourth-order valence-corrected chi connectivity index (χ4v) is 1.69. The standard InChI is InChI=1S/C14H19NO5/c1-19-8-6-15(7-9-20-2)13(16)11-4-3-5-12(10-11)14(17)18/h3-5,10H,6-9H2,1-2H3,(H,17,18). The smallest absolute Gasteiger partial charge is 0.335 e. The van der Waals surface area contributed by atoms with E-state index in [0.29, 0.717) is 31.9 Å². The fraction of sp³-hybridized carbons (Fsp3) is 0.429. The first-order valence-corrected chi connectivity index (χ1v) is 6.20. The number of ether oxygens (including phenoxy) is 2. The Morgan fingerprint density at radius 1 is 1.10 bits per heavy atom. The lowest BCUT2D eigenvalue weighted by Gasteiger charge is -2.22. The SMILES string of the molecule is COCCN(CCOC)C(=O)c1cccc(C(=O)O)c1. The number of carboxylic acid groups (broad SMARTS) is 1. The van der Waals surface area contributed by atoms with Crippen molar-refractivity contribution in [1.82, 2.24) is 4.90 Å². The summed E-state index contributed by atoms with van der Waals surface area (Å²) in [5.74, 6) is -1.29. The number of benzene rings is 1. The van der Waals surface area contributed by atoms with Crippen LogP contribution in [0.2, 0.25) is 0 Å². The molecule has 110 valence electrons. The third-order valence-electron chi connectivity index (χ3n) is 2.77. The molecular weight excluding hydrogens is 262 g/mol. The Bertz CT molecular complexity index is 453. The van der Waals surface area contributed by atoms with Gasteiger partial charge in [-0.3, -0.25) is 4.79 Å². The van der Waals surface area contributed by atoms with Gasteiger partial charge < -0.3 is 19.5 Å². The molecule has 1 aromatic carbocycles. The van der Waals surface area contributed by atoms with E-state index in [2.05, 4.69) is 0 Å². The number of carbonyl (C=O) groups is 2. The molecule has 1 amide bonds. The van der Waals surface area contributed by atoms with Gasteiger partial charge in [0.05, 0.1) is 18.8 Å². The minimum Gasteiger partial charge on any atom is -0.478 e. The Balaban J connectivity index is 2.86. The van der Waals surface area contributed by atoms with Crippen molar-refractivity contribution in [2.45, 2.75) is 0 Å². The first kappa shape index (κ1) is 16.1. The second kappa shape index (κ2) is 8.29. The van der Waals surface area contributed by atoms with Gasteiger partial charge >= 0.3 is 5.97 Å². The average molecular weight is 281 g/mol. The van der Waals surface area contributed by atoms with Gasteiger partial charge in [-0.05, 0) is 18.2 Å². The zero-order valence-electron chi connectivity index (χ0n) is 11.7. The molecule has 0 aliphatic carbocycles. The van der Waals surface area contributed by atoms with Crippen molar-refractivity contribution >= 4 is 11.9 Å². The van der Waals surface area contributed by atoms with E-state index in [4.69, 9.17) is 14.6 Å². The van der Waals surface area contributed by atoms with Gasteiger partial charge in [-0.1, -0.05) is 6.07 Å². The zero-order chi connectivity index (χ0) is 15.0. The summed E-state index contributed by atoms with van der Waals surface area (Å²) in [7, 11) is 3.12. The van der Waals surface area contributed by atoms with Gasteiger partial charge in [-0.15, -0.1) is 0 Å². The zero-order valence-corrected chi connectivity index (χ0v) is 11.7. The van der Waals surface area contributed by atoms with Gasteiger partial charge in [-0.2, -0.15) is 0 Å². The molecular formula is C14H19NO5. The molecule has 0 fully saturated rings. The van der Waals surface area contributed by atoms with Gasteiger partial charge in [0.1, 0.15) is 0 Å². The number of nitrogens with zero attached hydrogens (tertiary/aromatic N) is 1. The van der Waals surface area contributed by atoms with E-state index < -0.39 is 5.97 Å². The molecule has 1 N–H and O–H groups in total. The molecule has 0 bridgehead atoms. The van der Waals surface area contributed by atoms with Crippen molar-refractivity contribution in [2.24, 2.45) is 0 Å². The predicted octanol–water partition coefficient (Wildman–Crippen LogP) is 1.12. The second-order valence-electron chi connectivity index (χ2n) is 4.16. The molecule has 0 saturated heterocycles. The van der Waals surface area contributed by atoms with Gasteiger partial charge in [0.2, 0.25) is 0 Å². The topological polar surface area (TPSA) is 76.1 Å². The number of carboxylic acids is 1. The maximum atomic E-state index is 12.4. The summed E-state index contributed by atoms with van der Waals surface area (Å²) in [6, 6.07) is 5.98. The Hall–Kier alpha value is -1.92.